The number of nitrogens with zero attached hydrogens (tertiary/aromatic N) is 4. The van der Waals surface area contributed by atoms with Crippen LogP contribution in [0.1, 0.15) is 0 Å². The lowest BCUT2D eigenvalue weighted by Crippen LogP contribution is -1.97. The van der Waals surface area contributed by atoms with Crippen LogP contribution in [-0.4, -0.2) is 19.6 Å². The van der Waals surface area contributed by atoms with E-state index < -0.39 is 5.82 Å². The molecule has 0 amide bonds. The van der Waals surface area contributed by atoms with Gasteiger partial charge in [-0.2, -0.15) is 5.10 Å². The first kappa shape index (κ1) is 14.6. The van der Waals surface area contributed by atoms with E-state index in [4.69, 9.17) is 11.6 Å². The van der Waals surface area contributed by atoms with Gasteiger partial charge in [0, 0.05) is 35.4 Å². The first-order valence-electron chi connectivity index (χ1n) is 7.17. The molecule has 0 aliphatic carbocycles. The van der Waals surface area contributed by atoms with Crippen molar-refractivity contribution in [2.45, 2.75) is 0 Å². The minimum absolute atomic E-state index is 0.0569. The van der Waals surface area contributed by atoms with Crippen LogP contribution in [0.5, 0.6) is 0 Å². The third-order valence-electron chi connectivity index (χ3n) is 3.53. The summed E-state index contributed by atoms with van der Waals surface area (Å²) in [4.78, 5) is 8.71. The largest absolute Gasteiger partial charge is 0.340 e. The van der Waals surface area contributed by atoms with Gasteiger partial charge < -0.3 is 5.32 Å². The van der Waals surface area contributed by atoms with Gasteiger partial charge in [0.25, 0.3) is 0 Å². The molecule has 1 aromatic carbocycles. The van der Waals surface area contributed by atoms with Gasteiger partial charge in [-0.3, -0.25) is 4.98 Å². The van der Waals surface area contributed by atoms with Crippen LogP contribution in [0.15, 0.2) is 61.2 Å². The predicted octanol–water partition coefficient (Wildman–Crippen LogP) is 4.33. The molecule has 4 aromatic rings. The second kappa shape index (κ2) is 5.90. The van der Waals surface area contributed by atoms with E-state index in [0.717, 1.165) is 11.1 Å². The van der Waals surface area contributed by atoms with Gasteiger partial charge in [0.2, 0.25) is 0 Å². The third-order valence-corrected chi connectivity index (χ3v) is 3.82. The summed E-state index contributed by atoms with van der Waals surface area (Å²) in [5.41, 5.74) is 3.16. The maximum Gasteiger partial charge on any atom is 0.165 e. The van der Waals surface area contributed by atoms with Gasteiger partial charge in [-0.1, -0.05) is 17.7 Å². The Balaban J connectivity index is 1.73. The molecule has 5 nitrogen and oxygen atoms in total. The SMILES string of the molecule is Fc1ccc(Nc2ccn3ncc(-c4cccnc4)c3n2)cc1Cl. The van der Waals surface area contributed by atoms with Crippen LogP contribution >= 0.6 is 11.6 Å². The van der Waals surface area contributed by atoms with E-state index in [9.17, 15) is 4.39 Å². The van der Waals surface area contributed by atoms with Gasteiger partial charge in [0.05, 0.1) is 11.2 Å². The molecule has 0 fully saturated rings. The summed E-state index contributed by atoms with van der Waals surface area (Å²) in [5.74, 6) is 0.149. The van der Waals surface area contributed by atoms with Crippen molar-refractivity contribution in [3.63, 3.8) is 0 Å². The Kier molecular flexibility index (Phi) is 3.59. The lowest BCUT2D eigenvalue weighted by atomic mass is 10.1. The van der Waals surface area contributed by atoms with Gasteiger partial charge in [0.1, 0.15) is 11.6 Å². The van der Waals surface area contributed by atoms with Gasteiger partial charge in [-0.25, -0.2) is 13.9 Å². The van der Waals surface area contributed by atoms with Gasteiger partial charge >= 0.3 is 0 Å². The second-order valence-electron chi connectivity index (χ2n) is 5.13. The highest BCUT2D eigenvalue weighted by Gasteiger charge is 2.09. The molecule has 0 aliphatic rings. The smallest absolute Gasteiger partial charge is 0.165 e. The van der Waals surface area contributed by atoms with Crippen molar-refractivity contribution in [2.24, 2.45) is 0 Å². The fraction of sp³-hybridized carbons (Fsp3) is 0. The molecular weight excluding hydrogens is 329 g/mol. The Morgan fingerprint density at radius 1 is 1.12 bits per heavy atom. The topological polar surface area (TPSA) is 55.1 Å². The molecule has 7 heteroatoms. The molecule has 0 radical (unpaired) electrons. The van der Waals surface area contributed by atoms with Crippen molar-refractivity contribution in [2.75, 3.05) is 5.32 Å². The summed E-state index contributed by atoms with van der Waals surface area (Å²) >= 11 is 5.81. The standard InChI is InChI=1S/C17H11ClFN5/c18-14-8-12(3-4-15(14)19)22-16-5-7-24-17(23-16)13(10-21-24)11-2-1-6-20-9-11/h1-10H,(H,22,23). The van der Waals surface area contributed by atoms with E-state index in [0.29, 0.717) is 17.2 Å². The molecule has 4 rings (SSSR count). The Morgan fingerprint density at radius 2 is 2.04 bits per heavy atom. The number of fused-ring (bicyclic) bond motifs is 1. The number of nitrogens with one attached hydrogen (secondary N) is 1. The molecule has 24 heavy (non-hydrogen) atoms. The van der Waals surface area contributed by atoms with Gasteiger partial charge in [-0.15, -0.1) is 0 Å². The Hall–Kier alpha value is -2.99. The molecule has 1 N–H and O–H groups in total. The molecule has 118 valence electrons. The van der Waals surface area contributed by atoms with Crippen LogP contribution in [0.3, 0.4) is 0 Å². The zero-order chi connectivity index (χ0) is 16.5. The number of benzene rings is 1. The molecular formula is C17H11ClFN5. The average Bonchev–Trinajstić information content (AvgIpc) is 3.02. The third kappa shape index (κ3) is 2.68. The van der Waals surface area contributed by atoms with E-state index in [-0.39, 0.29) is 5.02 Å². The average molecular weight is 340 g/mol. The van der Waals surface area contributed by atoms with Crippen molar-refractivity contribution in [3.8, 4) is 11.1 Å². The lowest BCUT2D eigenvalue weighted by Gasteiger charge is -2.07. The van der Waals surface area contributed by atoms with E-state index in [1.165, 1.54) is 12.1 Å². The quantitative estimate of drug-likeness (QED) is 0.603. The van der Waals surface area contributed by atoms with E-state index in [2.05, 4.69) is 20.4 Å². The normalized spacial score (nSPS) is 10.9. The predicted molar refractivity (Wildman–Crippen MR) is 90.9 cm³/mol. The highest BCUT2D eigenvalue weighted by Crippen LogP contribution is 2.25. The van der Waals surface area contributed by atoms with Crippen LogP contribution in [0.25, 0.3) is 16.8 Å². The first-order valence-corrected chi connectivity index (χ1v) is 7.55. The fourth-order valence-electron chi connectivity index (χ4n) is 2.39. The Bertz CT molecular complexity index is 1020. The molecule has 0 atom stereocenters. The monoisotopic (exact) mass is 339 g/mol. The molecule has 0 aliphatic heterocycles. The number of hydrogen-bond donors (Lipinski definition) is 1. The maximum atomic E-state index is 13.3. The van der Waals surface area contributed by atoms with E-state index in [1.54, 1.807) is 41.4 Å². The van der Waals surface area contributed by atoms with E-state index in [1.807, 2.05) is 12.1 Å². The molecule has 0 unspecified atom stereocenters. The Morgan fingerprint density at radius 3 is 2.83 bits per heavy atom. The lowest BCUT2D eigenvalue weighted by molar-refractivity contribution is 0.628. The zero-order valence-corrected chi connectivity index (χ0v) is 13.1. The van der Waals surface area contributed by atoms with Crippen molar-refractivity contribution in [1.29, 1.82) is 0 Å². The Labute approximate surface area is 141 Å². The van der Waals surface area contributed by atoms with E-state index >= 15 is 0 Å². The minimum atomic E-state index is -0.458. The van der Waals surface area contributed by atoms with Gasteiger partial charge in [-0.05, 0) is 30.3 Å². The molecule has 3 heterocycles. The van der Waals surface area contributed by atoms with Crippen molar-refractivity contribution in [1.82, 2.24) is 19.6 Å². The van der Waals surface area contributed by atoms with Crippen molar-refractivity contribution < 1.29 is 4.39 Å². The number of hydrogen-bond acceptors (Lipinski definition) is 4. The number of rotatable bonds is 3. The summed E-state index contributed by atoms with van der Waals surface area (Å²) < 4.78 is 14.9. The summed E-state index contributed by atoms with van der Waals surface area (Å²) in [6.07, 6.45) is 7.03. The fourth-order valence-corrected chi connectivity index (χ4v) is 2.57. The van der Waals surface area contributed by atoms with Crippen molar-refractivity contribution >= 4 is 28.8 Å². The number of anilines is 2. The minimum Gasteiger partial charge on any atom is -0.340 e. The maximum absolute atomic E-state index is 13.3. The summed E-state index contributed by atoms with van der Waals surface area (Å²) in [7, 11) is 0. The zero-order valence-electron chi connectivity index (χ0n) is 12.3. The molecule has 0 saturated carbocycles. The summed E-state index contributed by atoms with van der Waals surface area (Å²) in [6.45, 7) is 0. The van der Waals surface area contributed by atoms with Crippen LogP contribution in [-0.2, 0) is 0 Å². The van der Waals surface area contributed by atoms with Gasteiger partial charge in [0.15, 0.2) is 5.65 Å². The highest BCUT2D eigenvalue weighted by atomic mass is 35.5. The molecule has 0 bridgehead atoms. The molecule has 0 spiro atoms. The highest BCUT2D eigenvalue weighted by molar-refractivity contribution is 6.31. The van der Waals surface area contributed by atoms with Crippen LogP contribution in [0, 0.1) is 5.82 Å². The van der Waals surface area contributed by atoms with Crippen LogP contribution < -0.4 is 5.32 Å². The first-order chi connectivity index (χ1) is 11.7. The summed E-state index contributed by atoms with van der Waals surface area (Å²) in [5, 5.41) is 7.47. The number of aromatic nitrogens is 4. The molecule has 0 saturated heterocycles. The number of pyridine rings is 1. The van der Waals surface area contributed by atoms with Crippen molar-refractivity contribution in [3.05, 3.63) is 72.0 Å². The number of halogens is 2. The second-order valence-corrected chi connectivity index (χ2v) is 5.54. The van der Waals surface area contributed by atoms with Crippen LogP contribution in [0.4, 0.5) is 15.9 Å². The molecule has 3 aromatic heterocycles. The summed E-state index contributed by atoms with van der Waals surface area (Å²) in [6, 6.07) is 10.0. The van der Waals surface area contributed by atoms with Crippen LogP contribution in [0.2, 0.25) is 5.02 Å².